The van der Waals surface area contributed by atoms with Crippen LogP contribution in [0.4, 0.5) is 11.4 Å². The smallest absolute Gasteiger partial charge is 0.257 e. The molecule has 23 heavy (non-hydrogen) atoms. The first-order valence-corrected chi connectivity index (χ1v) is 7.41. The molecular formula is C19H17N3O. The maximum atomic E-state index is 12.5. The zero-order valence-electron chi connectivity index (χ0n) is 12.6. The third kappa shape index (κ3) is 3.95. The van der Waals surface area contributed by atoms with E-state index >= 15 is 0 Å². The number of para-hydroxylation sites is 2. The monoisotopic (exact) mass is 303 g/mol. The van der Waals surface area contributed by atoms with E-state index in [0.717, 1.165) is 16.9 Å². The summed E-state index contributed by atoms with van der Waals surface area (Å²) in [4.78, 5) is 16.6. The van der Waals surface area contributed by atoms with Crippen molar-refractivity contribution in [2.45, 2.75) is 6.54 Å². The van der Waals surface area contributed by atoms with Gasteiger partial charge in [-0.05, 0) is 35.9 Å². The molecule has 2 N–H and O–H groups in total. The molecule has 0 unspecified atom stereocenters. The molecule has 0 fully saturated rings. The molecule has 0 spiro atoms. The van der Waals surface area contributed by atoms with E-state index in [0.29, 0.717) is 12.1 Å². The average Bonchev–Trinajstić information content (AvgIpc) is 2.62. The van der Waals surface area contributed by atoms with Gasteiger partial charge in [0.15, 0.2) is 0 Å². The van der Waals surface area contributed by atoms with E-state index in [1.165, 1.54) is 0 Å². The number of carbonyl (C=O) groups is 1. The molecule has 3 aromatic rings. The summed E-state index contributed by atoms with van der Waals surface area (Å²) in [5, 5.41) is 6.20. The number of aromatic nitrogens is 1. The molecule has 4 nitrogen and oxygen atoms in total. The second kappa shape index (κ2) is 7.22. The van der Waals surface area contributed by atoms with Crippen molar-refractivity contribution in [1.82, 2.24) is 4.98 Å². The van der Waals surface area contributed by atoms with Crippen molar-refractivity contribution in [3.8, 4) is 0 Å². The Bertz CT molecular complexity index is 773. The van der Waals surface area contributed by atoms with Gasteiger partial charge in [-0.3, -0.25) is 9.78 Å². The summed E-state index contributed by atoms with van der Waals surface area (Å²) >= 11 is 0. The predicted octanol–water partition coefficient (Wildman–Crippen LogP) is 3.95. The minimum absolute atomic E-state index is 0.134. The van der Waals surface area contributed by atoms with Crippen LogP contribution in [0.15, 0.2) is 79.1 Å². The lowest BCUT2D eigenvalue weighted by molar-refractivity contribution is 0.102. The quantitative estimate of drug-likeness (QED) is 0.750. The summed E-state index contributed by atoms with van der Waals surface area (Å²) < 4.78 is 0. The van der Waals surface area contributed by atoms with Gasteiger partial charge in [0.1, 0.15) is 0 Å². The molecule has 0 bridgehead atoms. The Balaban J connectivity index is 1.73. The molecule has 0 saturated carbocycles. The van der Waals surface area contributed by atoms with E-state index in [-0.39, 0.29) is 5.91 Å². The Morgan fingerprint density at radius 3 is 2.48 bits per heavy atom. The lowest BCUT2D eigenvalue weighted by atomic mass is 10.1. The molecule has 0 saturated heterocycles. The van der Waals surface area contributed by atoms with Crippen molar-refractivity contribution < 1.29 is 4.79 Å². The fourth-order valence-corrected chi connectivity index (χ4v) is 2.26. The first kappa shape index (κ1) is 14.8. The number of pyridine rings is 1. The molecule has 0 aliphatic rings. The molecule has 1 amide bonds. The third-order valence-corrected chi connectivity index (χ3v) is 3.41. The van der Waals surface area contributed by atoms with Crippen LogP contribution in [-0.2, 0) is 6.54 Å². The first-order chi connectivity index (χ1) is 11.3. The molecule has 1 heterocycles. The van der Waals surface area contributed by atoms with E-state index in [1.807, 2.05) is 66.7 Å². The molecule has 0 atom stereocenters. The average molecular weight is 303 g/mol. The molecule has 0 aliphatic carbocycles. The molecule has 0 aliphatic heterocycles. The Kier molecular flexibility index (Phi) is 4.64. The van der Waals surface area contributed by atoms with Crippen LogP contribution in [0.3, 0.4) is 0 Å². The summed E-state index contributed by atoms with van der Waals surface area (Å²) in [7, 11) is 0. The second-order valence-corrected chi connectivity index (χ2v) is 5.08. The standard InChI is InChI=1S/C19H17N3O/c23-19(22-16-8-2-1-3-9-16)17-10-4-5-11-18(17)21-14-15-7-6-12-20-13-15/h1-13,21H,14H2,(H,22,23). The van der Waals surface area contributed by atoms with E-state index < -0.39 is 0 Å². The number of hydrogen-bond donors (Lipinski definition) is 2. The maximum absolute atomic E-state index is 12.5. The van der Waals surface area contributed by atoms with Crippen LogP contribution in [0.25, 0.3) is 0 Å². The highest BCUT2D eigenvalue weighted by molar-refractivity contribution is 6.08. The van der Waals surface area contributed by atoms with Gasteiger partial charge in [-0.25, -0.2) is 0 Å². The van der Waals surface area contributed by atoms with Gasteiger partial charge < -0.3 is 10.6 Å². The van der Waals surface area contributed by atoms with Crippen molar-refractivity contribution in [3.63, 3.8) is 0 Å². The van der Waals surface area contributed by atoms with Gasteiger partial charge in [0.2, 0.25) is 0 Å². The number of anilines is 2. The number of nitrogens with one attached hydrogen (secondary N) is 2. The van der Waals surface area contributed by atoms with Crippen molar-refractivity contribution in [2.24, 2.45) is 0 Å². The molecule has 1 aromatic heterocycles. The number of benzene rings is 2. The van der Waals surface area contributed by atoms with E-state index in [9.17, 15) is 4.79 Å². The second-order valence-electron chi connectivity index (χ2n) is 5.08. The van der Waals surface area contributed by atoms with Gasteiger partial charge in [0.25, 0.3) is 5.91 Å². The van der Waals surface area contributed by atoms with Crippen LogP contribution in [0.5, 0.6) is 0 Å². The van der Waals surface area contributed by atoms with Crippen molar-refractivity contribution >= 4 is 17.3 Å². The lowest BCUT2D eigenvalue weighted by Gasteiger charge is -2.12. The fraction of sp³-hybridized carbons (Fsp3) is 0.0526. The Labute approximate surface area is 135 Å². The Morgan fingerprint density at radius 2 is 1.70 bits per heavy atom. The largest absolute Gasteiger partial charge is 0.380 e. The van der Waals surface area contributed by atoms with Crippen LogP contribution < -0.4 is 10.6 Å². The highest BCUT2D eigenvalue weighted by Crippen LogP contribution is 2.18. The molecule has 2 aromatic carbocycles. The number of hydrogen-bond acceptors (Lipinski definition) is 3. The highest BCUT2D eigenvalue weighted by atomic mass is 16.1. The highest BCUT2D eigenvalue weighted by Gasteiger charge is 2.10. The molecular weight excluding hydrogens is 286 g/mol. The maximum Gasteiger partial charge on any atom is 0.257 e. The van der Waals surface area contributed by atoms with Gasteiger partial charge in [0, 0.05) is 30.3 Å². The fourth-order valence-electron chi connectivity index (χ4n) is 2.26. The number of carbonyl (C=O) groups excluding carboxylic acids is 1. The minimum Gasteiger partial charge on any atom is -0.380 e. The minimum atomic E-state index is -0.134. The van der Waals surface area contributed by atoms with Crippen LogP contribution in [-0.4, -0.2) is 10.9 Å². The van der Waals surface area contributed by atoms with Crippen LogP contribution in [0.1, 0.15) is 15.9 Å². The van der Waals surface area contributed by atoms with E-state index in [1.54, 1.807) is 12.4 Å². The number of nitrogens with zero attached hydrogens (tertiary/aromatic N) is 1. The van der Waals surface area contributed by atoms with Gasteiger partial charge in [-0.2, -0.15) is 0 Å². The van der Waals surface area contributed by atoms with Gasteiger partial charge in [-0.1, -0.05) is 36.4 Å². The van der Waals surface area contributed by atoms with Gasteiger partial charge in [-0.15, -0.1) is 0 Å². The third-order valence-electron chi connectivity index (χ3n) is 3.41. The first-order valence-electron chi connectivity index (χ1n) is 7.41. The summed E-state index contributed by atoms with van der Waals surface area (Å²) in [5.74, 6) is -0.134. The van der Waals surface area contributed by atoms with Crippen LogP contribution >= 0.6 is 0 Å². The normalized spacial score (nSPS) is 10.1. The van der Waals surface area contributed by atoms with Crippen molar-refractivity contribution in [1.29, 1.82) is 0 Å². The van der Waals surface area contributed by atoms with Crippen molar-refractivity contribution in [2.75, 3.05) is 10.6 Å². The lowest BCUT2D eigenvalue weighted by Crippen LogP contribution is -2.14. The topological polar surface area (TPSA) is 54.0 Å². The summed E-state index contributed by atoms with van der Waals surface area (Å²) in [5.41, 5.74) is 3.25. The summed E-state index contributed by atoms with van der Waals surface area (Å²) in [6, 6.07) is 20.8. The predicted molar refractivity (Wildman–Crippen MR) is 92.4 cm³/mol. The molecule has 0 radical (unpaired) electrons. The van der Waals surface area contributed by atoms with Crippen LogP contribution in [0.2, 0.25) is 0 Å². The van der Waals surface area contributed by atoms with Gasteiger partial charge in [0.05, 0.1) is 5.56 Å². The van der Waals surface area contributed by atoms with Gasteiger partial charge >= 0.3 is 0 Å². The Morgan fingerprint density at radius 1 is 0.913 bits per heavy atom. The van der Waals surface area contributed by atoms with E-state index in [4.69, 9.17) is 0 Å². The summed E-state index contributed by atoms with van der Waals surface area (Å²) in [6.07, 6.45) is 3.55. The van der Waals surface area contributed by atoms with Crippen molar-refractivity contribution in [3.05, 3.63) is 90.3 Å². The van der Waals surface area contributed by atoms with E-state index in [2.05, 4.69) is 15.6 Å². The zero-order chi connectivity index (χ0) is 15.9. The Hall–Kier alpha value is -3.14. The van der Waals surface area contributed by atoms with Crippen LogP contribution in [0, 0.1) is 0 Å². The molecule has 4 heteroatoms. The molecule has 114 valence electrons. The summed E-state index contributed by atoms with van der Waals surface area (Å²) in [6.45, 7) is 0.615. The number of amides is 1. The SMILES string of the molecule is O=C(Nc1ccccc1)c1ccccc1NCc1cccnc1. The molecule has 3 rings (SSSR count). The zero-order valence-corrected chi connectivity index (χ0v) is 12.6. The number of rotatable bonds is 5.